The first kappa shape index (κ1) is 15.9. The van der Waals surface area contributed by atoms with Gasteiger partial charge in [-0.3, -0.25) is 9.88 Å². The van der Waals surface area contributed by atoms with E-state index in [1.807, 2.05) is 0 Å². The Hall–Kier alpha value is -1.65. The number of ether oxygens (including phenoxy) is 1. The van der Waals surface area contributed by atoms with E-state index in [9.17, 15) is 0 Å². The number of nitrogens with zero attached hydrogens (tertiary/aromatic N) is 2. The van der Waals surface area contributed by atoms with E-state index in [0.29, 0.717) is 0 Å². The fourth-order valence-corrected chi connectivity index (χ4v) is 3.92. The molecule has 128 valence electrons. The Morgan fingerprint density at radius 3 is 2.83 bits per heavy atom. The third-order valence-electron chi connectivity index (χ3n) is 5.23. The Kier molecular flexibility index (Phi) is 4.95. The van der Waals surface area contributed by atoms with Crippen LogP contribution >= 0.6 is 0 Å². The van der Waals surface area contributed by atoms with Crippen LogP contribution in [0.4, 0.5) is 5.69 Å². The quantitative estimate of drug-likeness (QED) is 0.856. The number of aromatic nitrogens is 1. The first-order valence-electron chi connectivity index (χ1n) is 9.36. The van der Waals surface area contributed by atoms with Crippen molar-refractivity contribution in [3.05, 3.63) is 35.5 Å². The van der Waals surface area contributed by atoms with Crippen molar-refractivity contribution < 1.29 is 4.74 Å². The van der Waals surface area contributed by atoms with Crippen LogP contribution in [-0.4, -0.2) is 49.3 Å². The molecule has 0 saturated carbocycles. The summed E-state index contributed by atoms with van der Waals surface area (Å²) in [5, 5.41) is 5.04. The summed E-state index contributed by atoms with van der Waals surface area (Å²) in [6.45, 7) is 6.10. The van der Waals surface area contributed by atoms with E-state index in [2.05, 4.69) is 34.5 Å². The molecule has 2 aliphatic rings. The van der Waals surface area contributed by atoms with Gasteiger partial charge in [-0.2, -0.15) is 0 Å². The van der Waals surface area contributed by atoms with Gasteiger partial charge < -0.3 is 10.1 Å². The molecule has 2 aromatic rings. The number of anilines is 1. The Morgan fingerprint density at radius 1 is 1.08 bits per heavy atom. The fourth-order valence-electron chi connectivity index (χ4n) is 3.92. The molecule has 1 N–H and O–H groups in total. The number of fused-ring (bicyclic) bond motifs is 2. The summed E-state index contributed by atoms with van der Waals surface area (Å²) < 4.78 is 5.42. The highest BCUT2D eigenvalue weighted by Crippen LogP contribution is 2.33. The van der Waals surface area contributed by atoms with Crippen LogP contribution in [0.2, 0.25) is 0 Å². The smallest absolute Gasteiger partial charge is 0.0726 e. The molecule has 0 radical (unpaired) electrons. The average molecular weight is 325 g/mol. The van der Waals surface area contributed by atoms with E-state index < -0.39 is 0 Å². The SMILES string of the molecule is c1ccc2c(NCCCN3CCOCC3)c3c(nc2c1)CCCC3. The van der Waals surface area contributed by atoms with Crippen molar-refractivity contribution in [1.82, 2.24) is 9.88 Å². The number of morpholine rings is 1. The van der Waals surface area contributed by atoms with Crippen LogP contribution in [0.25, 0.3) is 10.9 Å². The highest BCUT2D eigenvalue weighted by Gasteiger charge is 2.18. The minimum Gasteiger partial charge on any atom is -0.384 e. The maximum absolute atomic E-state index is 5.42. The van der Waals surface area contributed by atoms with Crippen molar-refractivity contribution in [1.29, 1.82) is 0 Å². The molecule has 0 atom stereocenters. The van der Waals surface area contributed by atoms with E-state index in [1.54, 1.807) is 0 Å². The third-order valence-corrected chi connectivity index (χ3v) is 5.23. The zero-order valence-electron chi connectivity index (χ0n) is 14.4. The third kappa shape index (κ3) is 3.40. The molecule has 4 rings (SSSR count). The van der Waals surface area contributed by atoms with Crippen LogP contribution in [0, 0.1) is 0 Å². The van der Waals surface area contributed by atoms with Gasteiger partial charge in [0.25, 0.3) is 0 Å². The molecule has 1 aliphatic carbocycles. The van der Waals surface area contributed by atoms with Crippen molar-refractivity contribution >= 4 is 16.6 Å². The summed E-state index contributed by atoms with van der Waals surface area (Å²) in [5.74, 6) is 0. The van der Waals surface area contributed by atoms with Gasteiger partial charge in [0.1, 0.15) is 0 Å². The number of aryl methyl sites for hydroxylation is 1. The van der Waals surface area contributed by atoms with E-state index in [-0.39, 0.29) is 0 Å². The molecule has 1 aromatic heterocycles. The van der Waals surface area contributed by atoms with Crippen LogP contribution < -0.4 is 5.32 Å². The summed E-state index contributed by atoms with van der Waals surface area (Å²) in [6, 6.07) is 8.57. The molecular weight excluding hydrogens is 298 g/mol. The molecule has 0 spiro atoms. The molecular formula is C20H27N3O. The van der Waals surface area contributed by atoms with Gasteiger partial charge >= 0.3 is 0 Å². The van der Waals surface area contributed by atoms with E-state index in [1.165, 1.54) is 48.0 Å². The monoisotopic (exact) mass is 325 g/mol. The van der Waals surface area contributed by atoms with E-state index in [0.717, 1.165) is 51.3 Å². The van der Waals surface area contributed by atoms with Crippen LogP contribution in [0.5, 0.6) is 0 Å². The summed E-state index contributed by atoms with van der Waals surface area (Å²) >= 11 is 0. The molecule has 4 heteroatoms. The zero-order valence-corrected chi connectivity index (χ0v) is 14.4. The normalized spacial score (nSPS) is 18.5. The highest BCUT2D eigenvalue weighted by atomic mass is 16.5. The number of hydrogen-bond acceptors (Lipinski definition) is 4. The predicted octanol–water partition coefficient (Wildman–Crippen LogP) is 3.25. The summed E-state index contributed by atoms with van der Waals surface area (Å²) in [5.41, 5.74) is 5.26. The molecule has 0 amide bonds. The molecule has 2 heterocycles. The predicted molar refractivity (Wildman–Crippen MR) is 98.8 cm³/mol. The van der Waals surface area contributed by atoms with Crippen molar-refractivity contribution in [3.8, 4) is 0 Å². The highest BCUT2D eigenvalue weighted by molar-refractivity contribution is 5.93. The lowest BCUT2D eigenvalue weighted by atomic mass is 9.92. The van der Waals surface area contributed by atoms with Crippen LogP contribution in [-0.2, 0) is 17.6 Å². The summed E-state index contributed by atoms with van der Waals surface area (Å²) in [6.07, 6.45) is 6.03. The van der Waals surface area contributed by atoms with Gasteiger partial charge in [-0.05, 0) is 50.3 Å². The summed E-state index contributed by atoms with van der Waals surface area (Å²) in [4.78, 5) is 7.42. The number of hydrogen-bond donors (Lipinski definition) is 1. The Balaban J connectivity index is 1.48. The van der Waals surface area contributed by atoms with Crippen molar-refractivity contribution in [3.63, 3.8) is 0 Å². The van der Waals surface area contributed by atoms with Gasteiger partial charge in [-0.1, -0.05) is 18.2 Å². The standard InChI is InChI=1S/C20H27N3O/c1-3-8-18-16(6-1)20(17-7-2-4-9-19(17)22-18)21-10-5-11-23-12-14-24-15-13-23/h1,3,6,8H,2,4-5,7,9-15H2,(H,21,22). The van der Waals surface area contributed by atoms with E-state index >= 15 is 0 Å². The first-order chi connectivity index (χ1) is 11.9. The average Bonchev–Trinajstić information content (AvgIpc) is 2.65. The maximum Gasteiger partial charge on any atom is 0.0726 e. The molecule has 1 aromatic carbocycles. The topological polar surface area (TPSA) is 37.4 Å². The number of rotatable bonds is 5. The van der Waals surface area contributed by atoms with Crippen LogP contribution in [0.15, 0.2) is 24.3 Å². The van der Waals surface area contributed by atoms with Crippen molar-refractivity contribution in [2.24, 2.45) is 0 Å². The van der Waals surface area contributed by atoms with Gasteiger partial charge in [0.15, 0.2) is 0 Å². The zero-order chi connectivity index (χ0) is 16.2. The van der Waals surface area contributed by atoms with Gasteiger partial charge in [0, 0.05) is 36.4 Å². The molecule has 1 aliphatic heterocycles. The minimum atomic E-state index is 0.885. The largest absolute Gasteiger partial charge is 0.384 e. The molecule has 4 nitrogen and oxygen atoms in total. The Bertz CT molecular complexity index is 695. The van der Waals surface area contributed by atoms with Crippen molar-refractivity contribution in [2.75, 3.05) is 44.7 Å². The fraction of sp³-hybridized carbons (Fsp3) is 0.550. The maximum atomic E-state index is 5.42. The summed E-state index contributed by atoms with van der Waals surface area (Å²) in [7, 11) is 0. The first-order valence-corrected chi connectivity index (χ1v) is 9.36. The Morgan fingerprint density at radius 2 is 1.92 bits per heavy atom. The number of nitrogens with one attached hydrogen (secondary N) is 1. The molecule has 0 bridgehead atoms. The lowest BCUT2D eigenvalue weighted by Gasteiger charge is -2.27. The number of benzene rings is 1. The lowest BCUT2D eigenvalue weighted by Crippen LogP contribution is -2.37. The molecule has 1 saturated heterocycles. The molecule has 1 fully saturated rings. The van der Waals surface area contributed by atoms with Crippen LogP contribution in [0.3, 0.4) is 0 Å². The van der Waals surface area contributed by atoms with Crippen LogP contribution in [0.1, 0.15) is 30.5 Å². The number of para-hydroxylation sites is 1. The number of pyridine rings is 1. The van der Waals surface area contributed by atoms with E-state index in [4.69, 9.17) is 9.72 Å². The van der Waals surface area contributed by atoms with Gasteiger partial charge in [0.05, 0.1) is 18.7 Å². The van der Waals surface area contributed by atoms with Gasteiger partial charge in [-0.15, -0.1) is 0 Å². The lowest BCUT2D eigenvalue weighted by molar-refractivity contribution is 0.0378. The molecule has 24 heavy (non-hydrogen) atoms. The second-order valence-corrected chi connectivity index (χ2v) is 6.87. The minimum absolute atomic E-state index is 0.885. The molecule has 0 unspecified atom stereocenters. The second kappa shape index (κ2) is 7.49. The Labute approximate surface area is 144 Å². The van der Waals surface area contributed by atoms with Crippen molar-refractivity contribution in [2.45, 2.75) is 32.1 Å². The van der Waals surface area contributed by atoms with Gasteiger partial charge in [-0.25, -0.2) is 0 Å². The van der Waals surface area contributed by atoms with Gasteiger partial charge in [0.2, 0.25) is 0 Å². The second-order valence-electron chi connectivity index (χ2n) is 6.87.